The van der Waals surface area contributed by atoms with Crippen LogP contribution in [-0.2, 0) is 0 Å². The van der Waals surface area contributed by atoms with Crippen molar-refractivity contribution >= 4 is 0 Å². The smallest absolute Gasteiger partial charge is 0.0756 e. The van der Waals surface area contributed by atoms with E-state index < -0.39 is 5.60 Å². The van der Waals surface area contributed by atoms with Gasteiger partial charge in [0.25, 0.3) is 0 Å². The van der Waals surface area contributed by atoms with Crippen LogP contribution in [0.5, 0.6) is 0 Å². The van der Waals surface area contributed by atoms with Crippen LogP contribution in [0, 0.1) is 5.92 Å². The highest BCUT2D eigenvalue weighted by Crippen LogP contribution is 2.18. The summed E-state index contributed by atoms with van der Waals surface area (Å²) >= 11 is 0. The van der Waals surface area contributed by atoms with Crippen LogP contribution in [0.4, 0.5) is 0 Å². The molecule has 16 heavy (non-hydrogen) atoms. The summed E-state index contributed by atoms with van der Waals surface area (Å²) in [6.45, 7) is 14.2. The Labute approximate surface area is 101 Å². The molecule has 3 N–H and O–H groups in total. The zero-order chi connectivity index (χ0) is 12.9. The number of nitrogens with zero attached hydrogens (tertiary/aromatic N) is 1. The van der Waals surface area contributed by atoms with E-state index in [0.29, 0.717) is 24.5 Å². The van der Waals surface area contributed by atoms with E-state index in [1.54, 1.807) is 0 Å². The van der Waals surface area contributed by atoms with E-state index in [1.807, 2.05) is 6.92 Å². The molecule has 98 valence electrons. The Kier molecular flexibility index (Phi) is 6.53. The van der Waals surface area contributed by atoms with Crippen molar-refractivity contribution in [2.75, 3.05) is 13.1 Å². The van der Waals surface area contributed by atoms with Gasteiger partial charge in [0, 0.05) is 25.2 Å². The zero-order valence-corrected chi connectivity index (χ0v) is 11.8. The van der Waals surface area contributed by atoms with Crippen molar-refractivity contribution in [2.45, 2.75) is 65.6 Å². The van der Waals surface area contributed by atoms with E-state index >= 15 is 0 Å². The molecule has 2 unspecified atom stereocenters. The first-order chi connectivity index (χ1) is 7.19. The molecule has 0 aromatic heterocycles. The first kappa shape index (κ1) is 15.9. The predicted molar refractivity (Wildman–Crippen MR) is 70.4 cm³/mol. The van der Waals surface area contributed by atoms with Gasteiger partial charge in [0.05, 0.1) is 5.60 Å². The molecule has 0 radical (unpaired) electrons. The molecule has 0 heterocycles. The zero-order valence-electron chi connectivity index (χ0n) is 11.8. The van der Waals surface area contributed by atoms with Gasteiger partial charge < -0.3 is 10.8 Å². The lowest BCUT2D eigenvalue weighted by atomic mass is 9.95. The fraction of sp³-hybridized carbons (Fsp3) is 1.00. The molecule has 0 aliphatic rings. The lowest BCUT2D eigenvalue weighted by molar-refractivity contribution is 0.0188. The Morgan fingerprint density at radius 2 is 1.69 bits per heavy atom. The molecule has 0 saturated carbocycles. The predicted octanol–water partition coefficient (Wildman–Crippen LogP) is 1.84. The van der Waals surface area contributed by atoms with Crippen molar-refractivity contribution in [2.24, 2.45) is 11.7 Å². The van der Waals surface area contributed by atoms with E-state index in [0.717, 1.165) is 13.0 Å². The molecule has 3 nitrogen and oxygen atoms in total. The van der Waals surface area contributed by atoms with Crippen LogP contribution < -0.4 is 5.73 Å². The SMILES string of the molecule is CC(C)CN(C(C)C)C(C)CC(C)(O)CN. The number of hydrogen-bond acceptors (Lipinski definition) is 3. The first-order valence-corrected chi connectivity index (χ1v) is 6.37. The van der Waals surface area contributed by atoms with Crippen LogP contribution in [0.2, 0.25) is 0 Å². The summed E-state index contributed by atoms with van der Waals surface area (Å²) in [7, 11) is 0. The van der Waals surface area contributed by atoms with Gasteiger partial charge >= 0.3 is 0 Å². The van der Waals surface area contributed by atoms with Gasteiger partial charge in [-0.3, -0.25) is 4.90 Å². The molecule has 0 aromatic carbocycles. The van der Waals surface area contributed by atoms with Crippen molar-refractivity contribution in [3.05, 3.63) is 0 Å². The molecule has 0 saturated heterocycles. The third kappa shape index (κ3) is 5.83. The third-order valence-electron chi connectivity index (χ3n) is 2.98. The minimum absolute atomic E-state index is 0.324. The van der Waals surface area contributed by atoms with Crippen LogP contribution >= 0.6 is 0 Å². The summed E-state index contributed by atoms with van der Waals surface area (Å²) in [5.41, 5.74) is 4.82. The summed E-state index contributed by atoms with van der Waals surface area (Å²) in [6.07, 6.45) is 0.731. The lowest BCUT2D eigenvalue weighted by Crippen LogP contribution is -2.47. The van der Waals surface area contributed by atoms with Crippen molar-refractivity contribution in [3.63, 3.8) is 0 Å². The van der Waals surface area contributed by atoms with Gasteiger partial charge in [0.15, 0.2) is 0 Å². The maximum absolute atomic E-state index is 10.0. The molecule has 0 spiro atoms. The third-order valence-corrected chi connectivity index (χ3v) is 2.98. The highest BCUT2D eigenvalue weighted by Gasteiger charge is 2.26. The van der Waals surface area contributed by atoms with Gasteiger partial charge in [-0.2, -0.15) is 0 Å². The highest BCUT2D eigenvalue weighted by atomic mass is 16.3. The van der Waals surface area contributed by atoms with Crippen LogP contribution in [-0.4, -0.2) is 40.8 Å². The maximum Gasteiger partial charge on any atom is 0.0756 e. The number of nitrogens with two attached hydrogens (primary N) is 1. The first-order valence-electron chi connectivity index (χ1n) is 6.37. The lowest BCUT2D eigenvalue weighted by Gasteiger charge is -2.37. The van der Waals surface area contributed by atoms with Crippen LogP contribution in [0.15, 0.2) is 0 Å². The molecule has 0 amide bonds. The molecular formula is C13H30N2O. The Bertz CT molecular complexity index is 190. The molecule has 2 atom stereocenters. The molecule has 0 aliphatic carbocycles. The van der Waals surface area contributed by atoms with Crippen molar-refractivity contribution in [1.29, 1.82) is 0 Å². The van der Waals surface area contributed by atoms with E-state index in [9.17, 15) is 5.11 Å². The average Bonchev–Trinajstić information content (AvgIpc) is 2.12. The van der Waals surface area contributed by atoms with Gasteiger partial charge in [-0.15, -0.1) is 0 Å². The minimum atomic E-state index is -0.746. The van der Waals surface area contributed by atoms with Gasteiger partial charge in [0.1, 0.15) is 0 Å². The molecular weight excluding hydrogens is 200 g/mol. The summed E-state index contributed by atoms with van der Waals surface area (Å²) in [4.78, 5) is 2.44. The molecule has 0 bridgehead atoms. The summed E-state index contributed by atoms with van der Waals surface area (Å²) in [5, 5.41) is 10.0. The Morgan fingerprint density at radius 3 is 2.00 bits per heavy atom. The van der Waals surface area contributed by atoms with Crippen LogP contribution in [0.3, 0.4) is 0 Å². The van der Waals surface area contributed by atoms with Gasteiger partial charge in [0.2, 0.25) is 0 Å². The maximum atomic E-state index is 10.0. The van der Waals surface area contributed by atoms with Gasteiger partial charge in [-0.1, -0.05) is 13.8 Å². The van der Waals surface area contributed by atoms with E-state index in [-0.39, 0.29) is 0 Å². The fourth-order valence-electron chi connectivity index (χ4n) is 2.16. The van der Waals surface area contributed by atoms with Crippen molar-refractivity contribution in [3.8, 4) is 0 Å². The second-order valence-corrected chi connectivity index (χ2v) is 5.94. The van der Waals surface area contributed by atoms with Crippen molar-refractivity contribution < 1.29 is 5.11 Å². The molecule has 0 rings (SSSR count). The fourth-order valence-corrected chi connectivity index (χ4v) is 2.16. The molecule has 0 aromatic rings. The van der Waals surface area contributed by atoms with E-state index in [4.69, 9.17) is 5.73 Å². The summed E-state index contributed by atoms with van der Waals surface area (Å²) < 4.78 is 0. The number of hydrogen-bond donors (Lipinski definition) is 2. The summed E-state index contributed by atoms with van der Waals surface area (Å²) in [5.74, 6) is 0.646. The molecule has 3 heteroatoms. The molecule has 0 fully saturated rings. The normalized spacial score (nSPS) is 18.2. The Balaban J connectivity index is 4.44. The van der Waals surface area contributed by atoms with E-state index in [2.05, 4.69) is 39.5 Å². The second kappa shape index (κ2) is 6.58. The quantitative estimate of drug-likeness (QED) is 0.701. The van der Waals surface area contributed by atoms with Gasteiger partial charge in [-0.25, -0.2) is 0 Å². The summed E-state index contributed by atoms with van der Waals surface area (Å²) in [6, 6.07) is 0.868. The average molecular weight is 230 g/mol. The van der Waals surface area contributed by atoms with Gasteiger partial charge in [-0.05, 0) is 40.0 Å². The topological polar surface area (TPSA) is 49.5 Å². The number of rotatable bonds is 7. The second-order valence-electron chi connectivity index (χ2n) is 5.94. The Hall–Kier alpha value is -0.120. The Morgan fingerprint density at radius 1 is 1.19 bits per heavy atom. The standard InChI is InChI=1S/C13H30N2O/c1-10(2)8-15(11(3)4)12(5)7-13(6,16)9-14/h10-12,16H,7-9,14H2,1-6H3. The largest absolute Gasteiger partial charge is 0.389 e. The molecule has 0 aliphatic heterocycles. The van der Waals surface area contributed by atoms with Crippen LogP contribution in [0.1, 0.15) is 48.0 Å². The number of aliphatic hydroxyl groups is 1. The highest BCUT2D eigenvalue weighted by molar-refractivity contribution is 4.82. The van der Waals surface area contributed by atoms with E-state index in [1.165, 1.54) is 0 Å². The van der Waals surface area contributed by atoms with Crippen molar-refractivity contribution in [1.82, 2.24) is 4.90 Å². The van der Waals surface area contributed by atoms with Crippen LogP contribution in [0.25, 0.3) is 0 Å². The monoisotopic (exact) mass is 230 g/mol. The minimum Gasteiger partial charge on any atom is -0.389 e.